The average Bonchev–Trinajstić information content (AvgIpc) is 1.93. The van der Waals surface area contributed by atoms with Gasteiger partial charge in [0, 0.05) is 0 Å². The van der Waals surface area contributed by atoms with Crippen molar-refractivity contribution >= 4 is 73.1 Å². The minimum atomic E-state index is -6.00. The van der Waals surface area contributed by atoms with Gasteiger partial charge in [0.05, 0.1) is 0 Å². The van der Waals surface area contributed by atoms with Crippen LogP contribution in [0, 0.1) is 0 Å². The van der Waals surface area contributed by atoms with Gasteiger partial charge < -0.3 is 51.8 Å². The molecule has 0 rings (SSSR count). The van der Waals surface area contributed by atoms with Crippen LogP contribution in [-0.2, 0) is 0 Å². The zero-order chi connectivity index (χ0) is 16.9. The molecule has 0 saturated heterocycles. The Morgan fingerprint density at radius 2 is 0.500 bits per heavy atom. The Morgan fingerprint density at radius 3 is 0.500 bits per heavy atom. The van der Waals surface area contributed by atoms with Crippen LogP contribution in [0.25, 0.3) is 0 Å². The molecule has 0 bridgehead atoms. The molecule has 0 nitrogen and oxygen atoms in total. The fraction of sp³-hybridized carbons (Fsp3) is 1.00. The molecule has 0 fully saturated rings. The molecule has 0 aromatic heterocycles. The molecule has 124 valence electrons. The van der Waals surface area contributed by atoms with E-state index in [9.17, 15) is 51.8 Å². The Kier molecular flexibility index (Phi) is 26.8. The first-order valence-electron chi connectivity index (χ1n) is 4.53. The normalized spacial score (nSPS) is 10.5. The molecule has 0 amide bonds. The van der Waals surface area contributed by atoms with Gasteiger partial charge in [0.25, 0.3) is 0 Å². The van der Waals surface area contributed by atoms with E-state index in [4.69, 9.17) is 0 Å². The van der Waals surface area contributed by atoms with Gasteiger partial charge in [-0.15, -0.1) is 0 Å². The molecule has 0 aliphatic heterocycles. The molecule has 0 heterocycles. The number of hydrogen-bond donors (Lipinski definition) is 0. The van der Waals surface area contributed by atoms with Gasteiger partial charge in [0.1, 0.15) is 0 Å². The molecule has 0 spiro atoms. The van der Waals surface area contributed by atoms with Gasteiger partial charge in [0.2, 0.25) is 0 Å². The van der Waals surface area contributed by atoms with Crippen LogP contribution in [0.4, 0.5) is 51.8 Å². The second-order valence-electron chi connectivity index (χ2n) is 2.48. The van der Waals surface area contributed by atoms with Crippen molar-refractivity contribution in [2.24, 2.45) is 0 Å². The second-order valence-corrected chi connectivity index (χ2v) is 2.48. The van der Waals surface area contributed by atoms with Crippen molar-refractivity contribution in [3.8, 4) is 0 Å². The number of hydrogen-bond acceptors (Lipinski definition) is 0. The van der Waals surface area contributed by atoms with E-state index < -0.39 is 21.8 Å². The quantitative estimate of drug-likeness (QED) is 0.454. The summed E-state index contributed by atoms with van der Waals surface area (Å²) in [5.41, 5.74) is 0. The van der Waals surface area contributed by atoms with Crippen molar-refractivity contribution in [1.29, 1.82) is 0 Å². The molecular weight excluding hydrogens is 348 g/mol. The first kappa shape index (κ1) is 32.8. The van der Waals surface area contributed by atoms with Crippen molar-refractivity contribution in [3.05, 3.63) is 0 Å². The predicted octanol–water partition coefficient (Wildman–Crippen LogP) is 5.06. The van der Waals surface area contributed by atoms with Crippen LogP contribution < -0.4 is 0 Å². The number of halogens is 12. The molecule has 16 heteroatoms. The maximum atomic E-state index is 9.75. The minimum absolute atomic E-state index is 0. The third-order valence-corrected chi connectivity index (χ3v) is 0.500. The van der Waals surface area contributed by atoms with Gasteiger partial charge in [0.15, 0.2) is 0 Å². The summed E-state index contributed by atoms with van der Waals surface area (Å²) in [6, 6.07) is 0. The van der Waals surface area contributed by atoms with Gasteiger partial charge in [-0.05, 0) is 0 Å². The van der Waals surface area contributed by atoms with Crippen LogP contribution >= 0.6 is 0 Å². The van der Waals surface area contributed by atoms with E-state index in [1.54, 1.807) is 0 Å². The van der Waals surface area contributed by atoms with E-state index in [0.717, 1.165) is 0 Å². The Bertz CT molecular complexity index is 126. The van der Waals surface area contributed by atoms with E-state index >= 15 is 0 Å². The first-order chi connectivity index (χ1) is 7.91. The summed E-state index contributed by atoms with van der Waals surface area (Å²) in [5.74, 6) is 0. The van der Waals surface area contributed by atoms with Gasteiger partial charge in [-0.3, -0.25) is 0 Å². The van der Waals surface area contributed by atoms with Crippen molar-refractivity contribution < 1.29 is 51.8 Å². The molecule has 0 N–H and O–H groups in total. The van der Waals surface area contributed by atoms with E-state index in [2.05, 4.69) is 13.8 Å². The fourth-order valence-electron chi connectivity index (χ4n) is 0. The van der Waals surface area contributed by atoms with Crippen molar-refractivity contribution in [1.82, 2.24) is 0 Å². The van der Waals surface area contributed by atoms with E-state index in [1.807, 2.05) is 0 Å². The van der Waals surface area contributed by atoms with Gasteiger partial charge in [-0.2, -0.15) is 0 Å². The van der Waals surface area contributed by atoms with Crippen molar-refractivity contribution in [2.75, 3.05) is 0 Å². The molecule has 0 radical (unpaired) electrons. The van der Waals surface area contributed by atoms with Crippen LogP contribution in [0.2, 0.25) is 0 Å². The van der Waals surface area contributed by atoms with E-state index in [0.29, 0.717) is 0 Å². The standard InChI is InChI=1S/C4H10.3BF4.K.H/c1-3-4-2;3*2-1(3,4)5;;/h3-4H2,1-2H3;;;;;/q;3*-1;;. The molecule has 20 heavy (non-hydrogen) atoms. The summed E-state index contributed by atoms with van der Waals surface area (Å²) < 4.78 is 117. The van der Waals surface area contributed by atoms with Crippen LogP contribution in [-0.4, -0.2) is 73.1 Å². The van der Waals surface area contributed by atoms with Gasteiger partial charge in [-0.25, -0.2) is 0 Å². The average molecular weight is 359 g/mol. The summed E-state index contributed by atoms with van der Waals surface area (Å²) >= 11 is 0. The van der Waals surface area contributed by atoms with Crippen LogP contribution in [0.3, 0.4) is 0 Å². The van der Waals surface area contributed by atoms with E-state index in [1.165, 1.54) is 12.8 Å². The molecule has 0 atom stereocenters. The second kappa shape index (κ2) is 16.4. The fourth-order valence-corrected chi connectivity index (χ4v) is 0. The molecule has 0 aliphatic carbocycles. The topological polar surface area (TPSA) is 0 Å². The van der Waals surface area contributed by atoms with Crippen LogP contribution in [0.15, 0.2) is 0 Å². The summed E-state index contributed by atoms with van der Waals surface area (Å²) in [7, 11) is -18.0. The number of rotatable bonds is 1. The number of unbranched alkanes of at least 4 members (excludes halogenated alkanes) is 1. The van der Waals surface area contributed by atoms with Crippen LogP contribution in [0.1, 0.15) is 26.7 Å². The summed E-state index contributed by atoms with van der Waals surface area (Å²) in [6.45, 7) is 4.36. The molecular formula is C4H11B3F12K-3. The Hall–Kier alpha value is 0.991. The third kappa shape index (κ3) is 1550. The van der Waals surface area contributed by atoms with Crippen molar-refractivity contribution in [3.63, 3.8) is 0 Å². The zero-order valence-corrected chi connectivity index (χ0v) is 9.68. The predicted molar refractivity (Wildman–Crippen MR) is 58.3 cm³/mol. The maximum absolute atomic E-state index is 9.75. The Labute approximate surface area is 150 Å². The summed E-state index contributed by atoms with van der Waals surface area (Å²) in [6.07, 6.45) is 2.64. The molecule has 0 aliphatic rings. The Morgan fingerprint density at radius 1 is 0.450 bits per heavy atom. The summed E-state index contributed by atoms with van der Waals surface area (Å²) in [4.78, 5) is 0. The van der Waals surface area contributed by atoms with Gasteiger partial charge >= 0.3 is 73.1 Å². The van der Waals surface area contributed by atoms with E-state index in [-0.39, 0.29) is 51.4 Å². The molecule has 0 aromatic carbocycles. The Balaban J connectivity index is -0.0000000494. The molecule has 0 saturated carbocycles. The summed E-state index contributed by atoms with van der Waals surface area (Å²) in [5, 5.41) is 0. The van der Waals surface area contributed by atoms with Gasteiger partial charge in [-0.1, -0.05) is 26.7 Å². The van der Waals surface area contributed by atoms with Crippen molar-refractivity contribution in [2.45, 2.75) is 26.7 Å². The third-order valence-electron chi connectivity index (χ3n) is 0.500. The zero-order valence-electron chi connectivity index (χ0n) is 9.68. The monoisotopic (exact) mass is 359 g/mol. The first-order valence-corrected chi connectivity index (χ1v) is 4.53. The molecule has 0 aromatic rings. The van der Waals surface area contributed by atoms with Crippen LogP contribution in [0.5, 0.6) is 0 Å². The molecule has 0 unspecified atom stereocenters. The SMILES string of the molecule is CCCC.F[B-](F)(F)F.F[B-](F)(F)F.F[B-](F)(F)F.[KH].